The number of ether oxygens (including phenoxy) is 1. The minimum atomic E-state index is -0.215. The fourth-order valence-corrected chi connectivity index (χ4v) is 2.35. The average Bonchev–Trinajstić information content (AvgIpc) is 2.53. The molecule has 2 aromatic rings. The molecule has 0 bridgehead atoms. The first-order valence-electron chi connectivity index (χ1n) is 7.17. The third-order valence-electron chi connectivity index (χ3n) is 3.43. The molecule has 0 spiro atoms. The van der Waals surface area contributed by atoms with E-state index in [2.05, 4.69) is 17.6 Å². The SMILES string of the molecule is CCCOc1ccc([C@H]2NC(=O)c3ccccc3N2)cc1. The fourth-order valence-electron chi connectivity index (χ4n) is 2.35. The Kier molecular flexibility index (Phi) is 3.77. The molecule has 108 valence electrons. The van der Waals surface area contributed by atoms with Gasteiger partial charge in [-0.3, -0.25) is 4.79 Å². The predicted octanol–water partition coefficient (Wildman–Crippen LogP) is 3.33. The third kappa shape index (κ3) is 2.84. The van der Waals surface area contributed by atoms with Gasteiger partial charge in [0.25, 0.3) is 5.91 Å². The zero-order valence-corrected chi connectivity index (χ0v) is 11.9. The highest BCUT2D eigenvalue weighted by atomic mass is 16.5. The number of carbonyl (C=O) groups is 1. The summed E-state index contributed by atoms with van der Waals surface area (Å²) in [5.41, 5.74) is 2.54. The second-order valence-corrected chi connectivity index (χ2v) is 5.01. The zero-order chi connectivity index (χ0) is 14.7. The van der Waals surface area contributed by atoms with Crippen molar-refractivity contribution in [2.24, 2.45) is 0 Å². The number of hydrogen-bond acceptors (Lipinski definition) is 3. The number of nitrogens with one attached hydrogen (secondary N) is 2. The van der Waals surface area contributed by atoms with E-state index in [9.17, 15) is 4.79 Å². The van der Waals surface area contributed by atoms with E-state index in [1.165, 1.54) is 0 Å². The molecule has 0 saturated heterocycles. The monoisotopic (exact) mass is 282 g/mol. The van der Waals surface area contributed by atoms with Gasteiger partial charge in [0, 0.05) is 5.69 Å². The summed E-state index contributed by atoms with van der Waals surface area (Å²) < 4.78 is 5.57. The van der Waals surface area contributed by atoms with Crippen molar-refractivity contribution >= 4 is 11.6 Å². The van der Waals surface area contributed by atoms with Gasteiger partial charge in [-0.1, -0.05) is 31.2 Å². The summed E-state index contributed by atoms with van der Waals surface area (Å²) in [4.78, 5) is 12.1. The van der Waals surface area contributed by atoms with E-state index in [0.29, 0.717) is 12.2 Å². The zero-order valence-electron chi connectivity index (χ0n) is 11.9. The summed E-state index contributed by atoms with van der Waals surface area (Å²) >= 11 is 0. The van der Waals surface area contributed by atoms with Crippen molar-refractivity contribution in [3.05, 3.63) is 59.7 Å². The maximum absolute atomic E-state index is 12.1. The van der Waals surface area contributed by atoms with E-state index in [1.54, 1.807) is 0 Å². The number of carbonyl (C=O) groups excluding carboxylic acids is 1. The molecule has 0 fully saturated rings. The molecular weight excluding hydrogens is 264 g/mol. The van der Waals surface area contributed by atoms with Crippen LogP contribution in [0, 0.1) is 0 Å². The fraction of sp³-hybridized carbons (Fsp3) is 0.235. The summed E-state index contributed by atoms with van der Waals surface area (Å²) in [6.45, 7) is 2.79. The minimum absolute atomic E-state index is 0.0549. The molecule has 1 heterocycles. The standard InChI is InChI=1S/C17H18N2O2/c1-2-11-21-13-9-7-12(8-10-13)16-18-15-6-4-3-5-14(15)17(20)19-16/h3-10,16,18H,2,11H2,1H3,(H,19,20)/t16-/m1/s1. The molecule has 1 aliphatic rings. The van der Waals surface area contributed by atoms with Gasteiger partial charge in [-0.15, -0.1) is 0 Å². The molecule has 2 aromatic carbocycles. The van der Waals surface area contributed by atoms with E-state index in [4.69, 9.17) is 4.74 Å². The highest BCUT2D eigenvalue weighted by molar-refractivity contribution is 6.01. The Bertz CT molecular complexity index is 637. The molecule has 4 heteroatoms. The molecule has 0 saturated carbocycles. The smallest absolute Gasteiger partial charge is 0.255 e. The van der Waals surface area contributed by atoms with Gasteiger partial charge in [0.1, 0.15) is 11.9 Å². The normalized spacial score (nSPS) is 16.6. The Morgan fingerprint density at radius 2 is 1.81 bits per heavy atom. The first-order chi connectivity index (χ1) is 10.3. The minimum Gasteiger partial charge on any atom is -0.494 e. The van der Waals surface area contributed by atoms with Crippen molar-refractivity contribution in [1.82, 2.24) is 5.32 Å². The van der Waals surface area contributed by atoms with E-state index in [1.807, 2.05) is 48.5 Å². The molecule has 1 aliphatic heterocycles. The van der Waals surface area contributed by atoms with Crippen LogP contribution in [0.25, 0.3) is 0 Å². The Morgan fingerprint density at radius 1 is 1.05 bits per heavy atom. The number of amides is 1. The summed E-state index contributed by atoms with van der Waals surface area (Å²) in [7, 11) is 0. The highest BCUT2D eigenvalue weighted by Crippen LogP contribution is 2.27. The van der Waals surface area contributed by atoms with Crippen LogP contribution in [0.1, 0.15) is 35.4 Å². The van der Waals surface area contributed by atoms with E-state index < -0.39 is 0 Å². The molecule has 0 radical (unpaired) electrons. The second kappa shape index (κ2) is 5.87. The van der Waals surface area contributed by atoms with Crippen molar-refractivity contribution in [1.29, 1.82) is 0 Å². The number of fused-ring (bicyclic) bond motifs is 1. The molecule has 1 atom stereocenters. The van der Waals surface area contributed by atoms with Gasteiger partial charge in [-0.05, 0) is 36.2 Å². The first kappa shape index (κ1) is 13.5. The van der Waals surface area contributed by atoms with E-state index in [-0.39, 0.29) is 12.1 Å². The number of anilines is 1. The van der Waals surface area contributed by atoms with Crippen molar-refractivity contribution < 1.29 is 9.53 Å². The lowest BCUT2D eigenvalue weighted by Gasteiger charge is -2.28. The van der Waals surface area contributed by atoms with Gasteiger partial charge in [-0.2, -0.15) is 0 Å². The van der Waals surface area contributed by atoms with Gasteiger partial charge in [0.15, 0.2) is 0 Å². The van der Waals surface area contributed by atoms with Gasteiger partial charge in [-0.25, -0.2) is 0 Å². The van der Waals surface area contributed by atoms with Crippen molar-refractivity contribution in [3.63, 3.8) is 0 Å². The number of rotatable bonds is 4. The molecule has 4 nitrogen and oxygen atoms in total. The highest BCUT2D eigenvalue weighted by Gasteiger charge is 2.23. The predicted molar refractivity (Wildman–Crippen MR) is 82.5 cm³/mol. The maximum Gasteiger partial charge on any atom is 0.255 e. The Morgan fingerprint density at radius 3 is 2.57 bits per heavy atom. The van der Waals surface area contributed by atoms with Crippen LogP contribution >= 0.6 is 0 Å². The Hall–Kier alpha value is -2.49. The Balaban J connectivity index is 1.78. The third-order valence-corrected chi connectivity index (χ3v) is 3.43. The average molecular weight is 282 g/mol. The van der Waals surface area contributed by atoms with Crippen LogP contribution in [0.3, 0.4) is 0 Å². The van der Waals surface area contributed by atoms with Crippen LogP contribution in [-0.2, 0) is 0 Å². The first-order valence-corrected chi connectivity index (χ1v) is 7.17. The lowest BCUT2D eigenvalue weighted by Crippen LogP contribution is -2.38. The summed E-state index contributed by atoms with van der Waals surface area (Å²) in [6.07, 6.45) is 0.770. The van der Waals surface area contributed by atoms with Crippen molar-refractivity contribution in [3.8, 4) is 5.75 Å². The topological polar surface area (TPSA) is 50.4 Å². The van der Waals surface area contributed by atoms with Crippen LogP contribution in [0.5, 0.6) is 5.75 Å². The largest absolute Gasteiger partial charge is 0.494 e. The molecule has 0 unspecified atom stereocenters. The molecule has 0 aromatic heterocycles. The molecule has 0 aliphatic carbocycles. The molecule has 21 heavy (non-hydrogen) atoms. The number of benzene rings is 2. The lowest BCUT2D eigenvalue weighted by molar-refractivity contribution is 0.0935. The van der Waals surface area contributed by atoms with E-state index in [0.717, 1.165) is 23.4 Å². The van der Waals surface area contributed by atoms with Gasteiger partial charge >= 0.3 is 0 Å². The summed E-state index contributed by atoms with van der Waals surface area (Å²) in [5, 5.41) is 6.29. The molecule has 1 amide bonds. The van der Waals surface area contributed by atoms with Crippen LogP contribution < -0.4 is 15.4 Å². The molecular formula is C17H18N2O2. The Labute approximate surface area is 124 Å². The summed E-state index contributed by atoms with van der Waals surface area (Å²) in [5.74, 6) is 0.795. The quantitative estimate of drug-likeness (QED) is 0.904. The van der Waals surface area contributed by atoms with E-state index >= 15 is 0 Å². The van der Waals surface area contributed by atoms with Crippen LogP contribution in [-0.4, -0.2) is 12.5 Å². The maximum atomic E-state index is 12.1. The number of hydrogen-bond donors (Lipinski definition) is 2. The van der Waals surface area contributed by atoms with Crippen molar-refractivity contribution in [2.45, 2.75) is 19.5 Å². The van der Waals surface area contributed by atoms with Crippen LogP contribution in [0.4, 0.5) is 5.69 Å². The van der Waals surface area contributed by atoms with Gasteiger partial charge in [0.2, 0.25) is 0 Å². The molecule has 3 rings (SSSR count). The number of para-hydroxylation sites is 1. The second-order valence-electron chi connectivity index (χ2n) is 5.01. The van der Waals surface area contributed by atoms with Gasteiger partial charge < -0.3 is 15.4 Å². The summed E-state index contributed by atoms with van der Waals surface area (Å²) in [6, 6.07) is 15.3. The van der Waals surface area contributed by atoms with Crippen LogP contribution in [0.2, 0.25) is 0 Å². The van der Waals surface area contributed by atoms with Crippen molar-refractivity contribution in [2.75, 3.05) is 11.9 Å². The van der Waals surface area contributed by atoms with Gasteiger partial charge in [0.05, 0.1) is 12.2 Å². The lowest BCUT2D eigenvalue weighted by atomic mass is 10.1. The molecule has 2 N–H and O–H groups in total. The van der Waals surface area contributed by atoms with Crippen LogP contribution in [0.15, 0.2) is 48.5 Å².